The molecule has 0 aliphatic heterocycles. The molecule has 0 saturated heterocycles. The second-order valence-electron chi connectivity index (χ2n) is 3.78. The number of hydrogen-bond acceptors (Lipinski definition) is 4. The molecule has 0 saturated carbocycles. The molecule has 0 unspecified atom stereocenters. The van der Waals surface area contributed by atoms with Crippen molar-refractivity contribution in [2.24, 2.45) is 0 Å². The highest BCUT2D eigenvalue weighted by molar-refractivity contribution is 7.07. The normalized spacial score (nSPS) is 9.89. The van der Waals surface area contributed by atoms with Gasteiger partial charge in [0.05, 0.1) is 6.61 Å². The molecule has 5 nitrogen and oxygen atoms in total. The zero-order valence-electron chi connectivity index (χ0n) is 10.6. The fraction of sp³-hybridized carbons (Fsp3) is 0.500. The Bertz CT molecular complexity index is 379. The van der Waals surface area contributed by atoms with Crippen LogP contribution in [-0.4, -0.2) is 37.1 Å². The first-order valence-electron chi connectivity index (χ1n) is 5.79. The Kier molecular flexibility index (Phi) is 6.21. The van der Waals surface area contributed by atoms with E-state index in [2.05, 4.69) is 5.32 Å². The third-order valence-corrected chi connectivity index (χ3v) is 3.04. The molecule has 0 spiro atoms. The second kappa shape index (κ2) is 7.71. The summed E-state index contributed by atoms with van der Waals surface area (Å²) in [4.78, 5) is 24.4. The van der Waals surface area contributed by atoms with Crippen molar-refractivity contribution in [1.29, 1.82) is 0 Å². The van der Waals surface area contributed by atoms with Crippen LogP contribution in [0.25, 0.3) is 0 Å². The van der Waals surface area contributed by atoms with Crippen LogP contribution in [0, 0.1) is 0 Å². The lowest BCUT2D eigenvalue weighted by Crippen LogP contribution is -2.32. The molecule has 0 fully saturated rings. The lowest BCUT2D eigenvalue weighted by molar-refractivity contribution is -0.130. The molecule has 0 aromatic carbocycles. The van der Waals surface area contributed by atoms with Gasteiger partial charge in [0.2, 0.25) is 5.91 Å². The molecule has 2 amide bonds. The van der Waals surface area contributed by atoms with Gasteiger partial charge in [0.1, 0.15) is 0 Å². The van der Waals surface area contributed by atoms with E-state index in [1.807, 2.05) is 16.8 Å². The lowest BCUT2D eigenvalue weighted by Gasteiger charge is -2.16. The Morgan fingerprint density at radius 1 is 1.50 bits per heavy atom. The van der Waals surface area contributed by atoms with Crippen LogP contribution in [0.4, 0.5) is 4.79 Å². The number of rotatable bonds is 6. The number of nitrogens with zero attached hydrogens (tertiary/aromatic N) is 1. The van der Waals surface area contributed by atoms with Crippen LogP contribution < -0.4 is 5.32 Å². The van der Waals surface area contributed by atoms with E-state index in [1.165, 1.54) is 0 Å². The number of carbonyl (C=O) groups is 2. The summed E-state index contributed by atoms with van der Waals surface area (Å²) < 4.78 is 4.70. The molecule has 0 aliphatic carbocycles. The molecule has 0 atom stereocenters. The number of thiophene rings is 1. The van der Waals surface area contributed by atoms with Gasteiger partial charge in [-0.25, -0.2) is 4.79 Å². The predicted octanol–water partition coefficient (Wildman–Crippen LogP) is 1.84. The van der Waals surface area contributed by atoms with Gasteiger partial charge in [-0.3, -0.25) is 4.79 Å². The van der Waals surface area contributed by atoms with Gasteiger partial charge in [-0.15, -0.1) is 0 Å². The summed E-state index contributed by atoms with van der Waals surface area (Å²) in [6.07, 6.45) is -0.204. The Balaban J connectivity index is 2.21. The minimum Gasteiger partial charge on any atom is -0.450 e. The third-order valence-electron chi connectivity index (χ3n) is 2.31. The number of carbonyl (C=O) groups excluding carboxylic acids is 2. The molecule has 18 heavy (non-hydrogen) atoms. The topological polar surface area (TPSA) is 58.6 Å². The average molecular weight is 270 g/mol. The highest BCUT2D eigenvalue weighted by atomic mass is 32.1. The summed E-state index contributed by atoms with van der Waals surface area (Å²) in [5.41, 5.74) is 1.12. The first-order valence-corrected chi connectivity index (χ1v) is 6.73. The van der Waals surface area contributed by atoms with Crippen molar-refractivity contribution in [3.63, 3.8) is 0 Å². The van der Waals surface area contributed by atoms with Crippen LogP contribution in [0.15, 0.2) is 16.8 Å². The smallest absolute Gasteiger partial charge is 0.407 e. The van der Waals surface area contributed by atoms with E-state index in [4.69, 9.17) is 4.74 Å². The Labute approximate surface area is 111 Å². The Morgan fingerprint density at radius 3 is 2.89 bits per heavy atom. The van der Waals surface area contributed by atoms with E-state index < -0.39 is 6.09 Å². The monoisotopic (exact) mass is 270 g/mol. The van der Waals surface area contributed by atoms with Gasteiger partial charge in [0, 0.05) is 26.6 Å². The molecule has 1 rings (SSSR count). The predicted molar refractivity (Wildman–Crippen MR) is 70.4 cm³/mol. The van der Waals surface area contributed by atoms with E-state index in [9.17, 15) is 9.59 Å². The van der Waals surface area contributed by atoms with Crippen molar-refractivity contribution < 1.29 is 14.3 Å². The number of alkyl carbamates (subject to hydrolysis) is 1. The van der Waals surface area contributed by atoms with E-state index >= 15 is 0 Å². The molecule has 1 aromatic heterocycles. The Morgan fingerprint density at radius 2 is 2.28 bits per heavy atom. The van der Waals surface area contributed by atoms with E-state index in [0.29, 0.717) is 19.7 Å². The van der Waals surface area contributed by atoms with Crippen LogP contribution in [0.3, 0.4) is 0 Å². The number of nitrogens with one attached hydrogen (secondary N) is 1. The van der Waals surface area contributed by atoms with Crippen LogP contribution in [0.1, 0.15) is 18.9 Å². The fourth-order valence-electron chi connectivity index (χ4n) is 1.39. The molecule has 100 valence electrons. The van der Waals surface area contributed by atoms with Crippen molar-refractivity contribution in [2.75, 3.05) is 20.2 Å². The van der Waals surface area contributed by atoms with Crippen molar-refractivity contribution in [2.45, 2.75) is 19.9 Å². The number of ether oxygens (including phenoxy) is 1. The maximum atomic E-state index is 11.7. The standard InChI is InChI=1S/C12H18N2O3S/c1-3-17-12(16)13-6-4-11(15)14(2)8-10-5-7-18-9-10/h5,7,9H,3-4,6,8H2,1-2H3,(H,13,16). The highest BCUT2D eigenvalue weighted by Crippen LogP contribution is 2.08. The zero-order valence-corrected chi connectivity index (χ0v) is 11.5. The largest absolute Gasteiger partial charge is 0.450 e. The maximum absolute atomic E-state index is 11.7. The van der Waals surface area contributed by atoms with Crippen LogP contribution in [-0.2, 0) is 16.1 Å². The summed E-state index contributed by atoms with van der Waals surface area (Å²) in [6.45, 7) is 2.96. The first-order chi connectivity index (χ1) is 8.63. The summed E-state index contributed by atoms with van der Waals surface area (Å²) in [6, 6.07) is 1.99. The minimum atomic E-state index is -0.481. The molecule has 0 aliphatic rings. The molecule has 0 bridgehead atoms. The summed E-state index contributed by atoms with van der Waals surface area (Å²) in [5, 5.41) is 6.52. The van der Waals surface area contributed by atoms with Gasteiger partial charge in [-0.2, -0.15) is 11.3 Å². The van der Waals surface area contributed by atoms with Gasteiger partial charge in [0.15, 0.2) is 0 Å². The van der Waals surface area contributed by atoms with Crippen molar-refractivity contribution in [1.82, 2.24) is 10.2 Å². The van der Waals surface area contributed by atoms with Crippen molar-refractivity contribution in [3.8, 4) is 0 Å². The quantitative estimate of drug-likeness (QED) is 0.858. The number of hydrogen-bond donors (Lipinski definition) is 1. The van der Waals surface area contributed by atoms with Gasteiger partial charge in [-0.1, -0.05) is 0 Å². The summed E-state index contributed by atoms with van der Waals surface area (Å²) >= 11 is 1.61. The van der Waals surface area contributed by atoms with Crippen LogP contribution in [0.2, 0.25) is 0 Å². The highest BCUT2D eigenvalue weighted by Gasteiger charge is 2.10. The van der Waals surface area contributed by atoms with E-state index in [-0.39, 0.29) is 12.3 Å². The SMILES string of the molecule is CCOC(=O)NCCC(=O)N(C)Cc1ccsc1. The summed E-state index contributed by atoms with van der Waals surface area (Å²) in [7, 11) is 1.75. The average Bonchev–Trinajstić information content (AvgIpc) is 2.82. The lowest BCUT2D eigenvalue weighted by atomic mass is 10.3. The van der Waals surface area contributed by atoms with Crippen molar-refractivity contribution in [3.05, 3.63) is 22.4 Å². The molecular weight excluding hydrogens is 252 g/mol. The number of amides is 2. The summed E-state index contributed by atoms with van der Waals surface area (Å²) in [5.74, 6) is -0.00185. The van der Waals surface area contributed by atoms with Gasteiger partial charge in [-0.05, 0) is 29.3 Å². The molecule has 6 heteroatoms. The fourth-order valence-corrected chi connectivity index (χ4v) is 2.05. The van der Waals surface area contributed by atoms with Crippen molar-refractivity contribution >= 4 is 23.3 Å². The van der Waals surface area contributed by atoms with Crippen LogP contribution >= 0.6 is 11.3 Å². The molecule has 1 N–H and O–H groups in total. The van der Waals surface area contributed by atoms with Gasteiger partial charge < -0.3 is 15.0 Å². The van der Waals surface area contributed by atoms with E-state index in [1.54, 1.807) is 30.2 Å². The van der Waals surface area contributed by atoms with E-state index in [0.717, 1.165) is 5.56 Å². The molecular formula is C12H18N2O3S. The molecule has 0 radical (unpaired) electrons. The molecule has 1 heterocycles. The first kappa shape index (κ1) is 14.5. The maximum Gasteiger partial charge on any atom is 0.407 e. The third kappa shape index (κ3) is 5.18. The second-order valence-corrected chi connectivity index (χ2v) is 4.56. The van der Waals surface area contributed by atoms with Crippen LogP contribution in [0.5, 0.6) is 0 Å². The zero-order chi connectivity index (χ0) is 13.4. The minimum absolute atomic E-state index is 0.00185. The van der Waals surface area contributed by atoms with Gasteiger partial charge in [0.25, 0.3) is 0 Å². The molecule has 1 aromatic rings. The van der Waals surface area contributed by atoms with Gasteiger partial charge >= 0.3 is 6.09 Å². The Hall–Kier alpha value is -1.56.